The molecule has 5 rings (SSSR count). The topological polar surface area (TPSA) is 115 Å². The lowest BCUT2D eigenvalue weighted by Gasteiger charge is -2.16. The highest BCUT2D eigenvalue weighted by Gasteiger charge is 2.17. The number of fused-ring (bicyclic) bond motifs is 1. The van der Waals surface area contributed by atoms with Crippen LogP contribution in [-0.4, -0.2) is 37.9 Å². The number of phenolic OH excluding ortho intramolecular Hbond substituents is 2. The van der Waals surface area contributed by atoms with Crippen molar-refractivity contribution >= 4 is 22.7 Å². The fourth-order valence-corrected chi connectivity index (χ4v) is 4.76. The van der Waals surface area contributed by atoms with E-state index in [0.29, 0.717) is 22.5 Å². The lowest BCUT2D eigenvalue weighted by Crippen LogP contribution is -2.34. The summed E-state index contributed by atoms with van der Waals surface area (Å²) in [7, 11) is 0. The van der Waals surface area contributed by atoms with Crippen molar-refractivity contribution in [3.63, 3.8) is 0 Å². The normalized spacial score (nSPS) is 14.4. The fourth-order valence-electron chi connectivity index (χ4n) is 4.76. The van der Waals surface area contributed by atoms with Gasteiger partial charge in [0.25, 0.3) is 5.91 Å². The lowest BCUT2D eigenvalue weighted by atomic mass is 10.0. The quantitative estimate of drug-likeness (QED) is 0.164. The van der Waals surface area contributed by atoms with Crippen molar-refractivity contribution in [3.05, 3.63) is 77.4 Å². The van der Waals surface area contributed by atoms with Gasteiger partial charge in [-0.3, -0.25) is 9.59 Å². The third kappa shape index (κ3) is 5.25. The Bertz CT molecular complexity index is 1400. The fraction of sp³-hybridized carbons (Fsp3) is 0.276. The Labute approximate surface area is 209 Å². The Kier molecular flexibility index (Phi) is 6.71. The largest absolute Gasteiger partial charge is 0.504 e. The third-order valence-electron chi connectivity index (χ3n) is 6.82. The number of phenols is 2. The predicted octanol–water partition coefficient (Wildman–Crippen LogP) is 5.52. The number of ketones is 1. The minimum absolute atomic E-state index is 0.0511. The molecular formula is C29H29N3O4. The number of nitrogens with one attached hydrogen (secondary N) is 2. The number of aromatic hydroxyl groups is 2. The van der Waals surface area contributed by atoms with E-state index in [1.807, 2.05) is 30.3 Å². The van der Waals surface area contributed by atoms with E-state index in [4.69, 9.17) is 0 Å². The zero-order chi connectivity index (χ0) is 25.1. The highest BCUT2D eigenvalue weighted by Crippen LogP contribution is 2.26. The summed E-state index contributed by atoms with van der Waals surface area (Å²) >= 11 is 0. The van der Waals surface area contributed by atoms with Gasteiger partial charge in [0.15, 0.2) is 17.3 Å². The molecule has 0 saturated heterocycles. The predicted molar refractivity (Wildman–Crippen MR) is 138 cm³/mol. The van der Waals surface area contributed by atoms with Crippen molar-refractivity contribution in [2.45, 2.75) is 51.0 Å². The molecule has 1 aliphatic rings. The molecule has 0 spiro atoms. The van der Waals surface area contributed by atoms with E-state index in [2.05, 4.69) is 15.3 Å². The monoisotopic (exact) mass is 483 g/mol. The summed E-state index contributed by atoms with van der Waals surface area (Å²) in [5.41, 5.74) is 4.15. The molecule has 1 saturated carbocycles. The van der Waals surface area contributed by atoms with Gasteiger partial charge in [-0.05, 0) is 48.7 Å². The van der Waals surface area contributed by atoms with Crippen LogP contribution in [0.3, 0.4) is 0 Å². The maximum absolute atomic E-state index is 12.8. The van der Waals surface area contributed by atoms with Gasteiger partial charge in [-0.1, -0.05) is 56.0 Å². The summed E-state index contributed by atoms with van der Waals surface area (Å²) in [6, 6.07) is 17.3. The molecule has 4 N–H and O–H groups in total. The van der Waals surface area contributed by atoms with Crippen LogP contribution in [0.4, 0.5) is 0 Å². The van der Waals surface area contributed by atoms with Crippen LogP contribution in [0, 0.1) is 0 Å². The summed E-state index contributed by atoms with van der Waals surface area (Å²) < 4.78 is 0. The number of Topliss-reactive ketones (excluding diaryl/α,β-unsaturated/α-hetero) is 1. The first-order valence-corrected chi connectivity index (χ1v) is 12.4. The Morgan fingerprint density at radius 2 is 1.58 bits per heavy atom. The number of rotatable bonds is 6. The van der Waals surface area contributed by atoms with Crippen LogP contribution in [0.25, 0.3) is 22.4 Å². The Balaban J connectivity index is 1.28. The van der Waals surface area contributed by atoms with Gasteiger partial charge in [0.1, 0.15) is 5.82 Å². The van der Waals surface area contributed by atoms with Crippen molar-refractivity contribution in [3.8, 4) is 22.9 Å². The molecule has 4 aromatic rings. The van der Waals surface area contributed by atoms with E-state index in [1.165, 1.54) is 37.8 Å². The number of amides is 1. The average Bonchev–Trinajstić information content (AvgIpc) is 3.15. The van der Waals surface area contributed by atoms with Crippen molar-refractivity contribution < 1.29 is 19.8 Å². The van der Waals surface area contributed by atoms with E-state index in [1.54, 1.807) is 18.2 Å². The number of carbonyl (C=O) groups is 2. The summed E-state index contributed by atoms with van der Waals surface area (Å²) in [4.78, 5) is 33.4. The van der Waals surface area contributed by atoms with Crippen molar-refractivity contribution in [2.75, 3.05) is 0 Å². The number of aromatic nitrogens is 2. The van der Waals surface area contributed by atoms with Crippen LogP contribution >= 0.6 is 0 Å². The van der Waals surface area contributed by atoms with Crippen molar-refractivity contribution in [1.29, 1.82) is 0 Å². The summed E-state index contributed by atoms with van der Waals surface area (Å²) in [6.07, 6.45) is 7.01. The molecule has 1 amide bonds. The van der Waals surface area contributed by atoms with E-state index in [0.717, 1.165) is 29.4 Å². The summed E-state index contributed by atoms with van der Waals surface area (Å²) in [6.45, 7) is 0. The van der Waals surface area contributed by atoms with Gasteiger partial charge in [0, 0.05) is 29.2 Å². The van der Waals surface area contributed by atoms with Crippen LogP contribution in [0.15, 0.2) is 60.7 Å². The molecule has 7 heteroatoms. The number of H-pyrrole nitrogens is 1. The van der Waals surface area contributed by atoms with Crippen LogP contribution in [0.2, 0.25) is 0 Å². The molecule has 184 valence electrons. The van der Waals surface area contributed by atoms with Gasteiger partial charge >= 0.3 is 0 Å². The first kappa shape index (κ1) is 23.6. The average molecular weight is 484 g/mol. The van der Waals surface area contributed by atoms with Gasteiger partial charge < -0.3 is 20.5 Å². The van der Waals surface area contributed by atoms with E-state index < -0.39 is 0 Å². The van der Waals surface area contributed by atoms with Crippen LogP contribution in [0.1, 0.15) is 64.8 Å². The van der Waals surface area contributed by atoms with Gasteiger partial charge in [0.2, 0.25) is 0 Å². The second-order valence-electron chi connectivity index (χ2n) is 9.48. The molecule has 0 bridgehead atoms. The zero-order valence-corrected chi connectivity index (χ0v) is 20.0. The molecule has 0 radical (unpaired) electrons. The lowest BCUT2D eigenvalue weighted by molar-refractivity contribution is 0.0932. The molecule has 1 aliphatic carbocycles. The molecule has 3 aromatic carbocycles. The molecule has 0 atom stereocenters. The Morgan fingerprint density at radius 3 is 2.31 bits per heavy atom. The smallest absolute Gasteiger partial charge is 0.251 e. The Morgan fingerprint density at radius 1 is 0.861 bits per heavy atom. The van der Waals surface area contributed by atoms with Crippen molar-refractivity contribution in [2.24, 2.45) is 0 Å². The number of hydrogen-bond acceptors (Lipinski definition) is 5. The third-order valence-corrected chi connectivity index (χ3v) is 6.82. The van der Waals surface area contributed by atoms with Crippen LogP contribution < -0.4 is 5.32 Å². The molecule has 7 nitrogen and oxygen atoms in total. The highest BCUT2D eigenvalue weighted by molar-refractivity contribution is 5.99. The van der Waals surface area contributed by atoms with E-state index in [-0.39, 0.29) is 35.7 Å². The minimum Gasteiger partial charge on any atom is -0.504 e. The highest BCUT2D eigenvalue weighted by atomic mass is 16.3. The second kappa shape index (κ2) is 10.2. The number of nitrogens with zero attached hydrogens (tertiary/aromatic N) is 1. The van der Waals surface area contributed by atoms with Crippen molar-refractivity contribution in [1.82, 2.24) is 15.3 Å². The van der Waals surface area contributed by atoms with Gasteiger partial charge in [-0.2, -0.15) is 0 Å². The van der Waals surface area contributed by atoms with E-state index in [9.17, 15) is 19.8 Å². The molecule has 36 heavy (non-hydrogen) atoms. The van der Waals surface area contributed by atoms with E-state index >= 15 is 0 Å². The Hall–Kier alpha value is -4.13. The first-order chi connectivity index (χ1) is 17.5. The van der Waals surface area contributed by atoms with Gasteiger partial charge in [-0.15, -0.1) is 0 Å². The molecule has 0 unspecified atom stereocenters. The number of aromatic amines is 1. The summed E-state index contributed by atoms with van der Waals surface area (Å²) in [5.74, 6) is 0.0542. The zero-order valence-electron chi connectivity index (χ0n) is 20.0. The molecular weight excluding hydrogens is 454 g/mol. The standard InChI is InChI=1S/C29H29N3O4/c33-25-14-7-18(16-27(25)35)15-26(34)19-8-10-20(11-9-19)28-31-23-13-12-21(17-24(23)32-28)29(36)30-22-5-3-1-2-4-6-22/h7-14,16-17,22,33,35H,1-6,15H2,(H,30,36)(H,31,32). The number of imidazole rings is 1. The SMILES string of the molecule is O=C(Cc1ccc(O)c(O)c1)c1ccc(-c2nc3ccc(C(=O)NC4CCCCCC4)cc3[nH]2)cc1. The maximum atomic E-state index is 12.8. The summed E-state index contributed by atoms with van der Waals surface area (Å²) in [5, 5.41) is 22.3. The number of carbonyl (C=O) groups excluding carboxylic acids is 2. The number of benzene rings is 3. The van der Waals surface area contributed by atoms with Gasteiger partial charge in [0.05, 0.1) is 11.0 Å². The maximum Gasteiger partial charge on any atom is 0.251 e. The molecule has 1 aromatic heterocycles. The minimum atomic E-state index is -0.245. The second-order valence-corrected chi connectivity index (χ2v) is 9.48. The van der Waals surface area contributed by atoms with Gasteiger partial charge in [-0.25, -0.2) is 4.98 Å². The first-order valence-electron chi connectivity index (χ1n) is 12.4. The molecule has 1 fully saturated rings. The van der Waals surface area contributed by atoms with Crippen LogP contribution in [0.5, 0.6) is 11.5 Å². The number of hydrogen-bond donors (Lipinski definition) is 4. The van der Waals surface area contributed by atoms with Crippen LogP contribution in [-0.2, 0) is 6.42 Å². The molecule has 1 heterocycles. The molecule has 0 aliphatic heterocycles.